The summed E-state index contributed by atoms with van der Waals surface area (Å²) >= 11 is 0. The molecule has 3 aromatic rings. The lowest BCUT2D eigenvalue weighted by atomic mass is 10.0. The Bertz CT molecular complexity index is 932. The van der Waals surface area contributed by atoms with Gasteiger partial charge in [0.1, 0.15) is 12.4 Å². The first-order chi connectivity index (χ1) is 13.0. The van der Waals surface area contributed by atoms with Crippen LogP contribution >= 0.6 is 0 Å². The molecule has 27 heavy (non-hydrogen) atoms. The summed E-state index contributed by atoms with van der Waals surface area (Å²) in [6, 6.07) is 13.7. The number of tetrazole rings is 1. The summed E-state index contributed by atoms with van der Waals surface area (Å²) in [5.41, 5.74) is 5.17. The molecule has 1 aromatic heterocycles. The smallest absolute Gasteiger partial charge is 0.263 e. The minimum absolute atomic E-state index is 0.127. The first kappa shape index (κ1) is 18.4. The standard InChI is InChI=1S/C19H19FN6O/c1-13(2)15-5-3-14(4-6-15)11-21-22-18(27)12-26-24-19(23-25-26)16-7-9-17(20)10-8-16/h3-11,13H,12H2,1-2H3,(H,22,27)/b21-11-. The summed E-state index contributed by atoms with van der Waals surface area (Å²) in [6.45, 7) is 4.13. The number of carbonyl (C=O) groups excluding carboxylic acids is 1. The van der Waals surface area contributed by atoms with Crippen LogP contribution in [-0.4, -0.2) is 32.3 Å². The fourth-order valence-corrected chi connectivity index (χ4v) is 2.33. The van der Waals surface area contributed by atoms with Crippen LogP contribution in [0.5, 0.6) is 0 Å². The average molecular weight is 366 g/mol. The van der Waals surface area contributed by atoms with Crippen molar-refractivity contribution in [3.8, 4) is 11.4 Å². The fourth-order valence-electron chi connectivity index (χ4n) is 2.33. The highest BCUT2D eigenvalue weighted by Gasteiger charge is 2.09. The van der Waals surface area contributed by atoms with Crippen LogP contribution < -0.4 is 5.43 Å². The van der Waals surface area contributed by atoms with E-state index in [9.17, 15) is 9.18 Å². The largest absolute Gasteiger partial charge is 0.271 e. The van der Waals surface area contributed by atoms with Gasteiger partial charge in [0, 0.05) is 5.56 Å². The first-order valence-electron chi connectivity index (χ1n) is 8.47. The molecule has 1 N–H and O–H groups in total. The van der Waals surface area contributed by atoms with Crippen molar-refractivity contribution >= 4 is 12.1 Å². The van der Waals surface area contributed by atoms with E-state index >= 15 is 0 Å². The highest BCUT2D eigenvalue weighted by Crippen LogP contribution is 2.14. The van der Waals surface area contributed by atoms with Crippen LogP contribution in [0.1, 0.15) is 30.9 Å². The van der Waals surface area contributed by atoms with Gasteiger partial charge in [-0.2, -0.15) is 9.90 Å². The first-order valence-corrected chi connectivity index (χ1v) is 8.47. The SMILES string of the molecule is CC(C)c1ccc(/C=N\NC(=O)Cn2nnc(-c3ccc(F)cc3)n2)cc1. The molecule has 0 aliphatic carbocycles. The van der Waals surface area contributed by atoms with E-state index in [4.69, 9.17) is 0 Å². The average Bonchev–Trinajstić information content (AvgIpc) is 3.11. The van der Waals surface area contributed by atoms with Gasteiger partial charge >= 0.3 is 0 Å². The van der Waals surface area contributed by atoms with Crippen molar-refractivity contribution in [3.05, 3.63) is 65.5 Å². The summed E-state index contributed by atoms with van der Waals surface area (Å²) < 4.78 is 12.9. The summed E-state index contributed by atoms with van der Waals surface area (Å²) in [7, 11) is 0. The molecule has 0 unspecified atom stereocenters. The molecule has 3 rings (SSSR count). The molecule has 0 aliphatic rings. The van der Waals surface area contributed by atoms with Crippen LogP contribution in [0.3, 0.4) is 0 Å². The molecular formula is C19H19FN6O. The molecule has 2 aromatic carbocycles. The molecule has 1 heterocycles. The Morgan fingerprint density at radius 3 is 2.56 bits per heavy atom. The molecule has 1 amide bonds. The predicted octanol–water partition coefficient (Wildman–Crippen LogP) is 2.75. The molecule has 0 spiro atoms. The molecule has 0 bridgehead atoms. The molecule has 0 fully saturated rings. The van der Waals surface area contributed by atoms with Gasteiger partial charge in [0.25, 0.3) is 5.91 Å². The molecule has 0 saturated carbocycles. The van der Waals surface area contributed by atoms with E-state index in [-0.39, 0.29) is 18.3 Å². The minimum Gasteiger partial charge on any atom is -0.271 e. The molecule has 0 saturated heterocycles. The zero-order chi connectivity index (χ0) is 19.2. The maximum Gasteiger partial charge on any atom is 0.263 e. The van der Waals surface area contributed by atoms with Gasteiger partial charge in [-0.1, -0.05) is 38.1 Å². The molecule has 0 aliphatic heterocycles. The number of nitrogens with zero attached hydrogens (tertiary/aromatic N) is 5. The second-order valence-electron chi connectivity index (χ2n) is 6.26. The summed E-state index contributed by atoms with van der Waals surface area (Å²) in [5.74, 6) is 0.0533. The zero-order valence-electron chi connectivity index (χ0n) is 15.0. The van der Waals surface area contributed by atoms with E-state index in [0.717, 1.165) is 10.4 Å². The second kappa shape index (κ2) is 8.31. The van der Waals surface area contributed by atoms with Crippen LogP contribution in [0.4, 0.5) is 4.39 Å². The number of hydrogen-bond acceptors (Lipinski definition) is 5. The van der Waals surface area contributed by atoms with Crippen molar-refractivity contribution in [2.45, 2.75) is 26.3 Å². The number of aromatic nitrogens is 4. The quantitative estimate of drug-likeness (QED) is 0.537. The number of rotatable bonds is 6. The van der Waals surface area contributed by atoms with Gasteiger partial charge in [0.05, 0.1) is 6.21 Å². The van der Waals surface area contributed by atoms with E-state index in [1.165, 1.54) is 17.7 Å². The lowest BCUT2D eigenvalue weighted by molar-refractivity contribution is -0.122. The van der Waals surface area contributed by atoms with Crippen molar-refractivity contribution in [2.75, 3.05) is 0 Å². The van der Waals surface area contributed by atoms with Gasteiger partial charge in [-0.3, -0.25) is 4.79 Å². The Morgan fingerprint density at radius 1 is 1.19 bits per heavy atom. The second-order valence-corrected chi connectivity index (χ2v) is 6.26. The third-order valence-electron chi connectivity index (χ3n) is 3.85. The van der Waals surface area contributed by atoms with Gasteiger partial charge in [0.15, 0.2) is 0 Å². The van der Waals surface area contributed by atoms with E-state index in [1.54, 1.807) is 18.3 Å². The molecule has 7 nitrogen and oxygen atoms in total. The number of nitrogens with one attached hydrogen (secondary N) is 1. The minimum atomic E-state index is -0.381. The van der Waals surface area contributed by atoms with Gasteiger partial charge < -0.3 is 0 Å². The predicted molar refractivity (Wildman–Crippen MR) is 99.5 cm³/mol. The molecular weight excluding hydrogens is 347 g/mol. The van der Waals surface area contributed by atoms with E-state index in [1.807, 2.05) is 24.3 Å². The Labute approximate surface area is 155 Å². The van der Waals surface area contributed by atoms with Crippen LogP contribution in [0, 0.1) is 5.82 Å². The molecule has 138 valence electrons. The monoisotopic (exact) mass is 366 g/mol. The van der Waals surface area contributed by atoms with Crippen molar-refractivity contribution in [3.63, 3.8) is 0 Å². The van der Waals surface area contributed by atoms with Crippen molar-refractivity contribution in [1.29, 1.82) is 0 Å². The topological polar surface area (TPSA) is 85.1 Å². The van der Waals surface area contributed by atoms with Gasteiger partial charge in [-0.15, -0.1) is 10.2 Å². The summed E-state index contributed by atoms with van der Waals surface area (Å²) in [6.07, 6.45) is 1.57. The Hall–Kier alpha value is -3.42. The Kier molecular flexibility index (Phi) is 5.65. The lowest BCUT2D eigenvalue weighted by Gasteiger charge is -2.04. The summed E-state index contributed by atoms with van der Waals surface area (Å²) in [4.78, 5) is 13.1. The highest BCUT2D eigenvalue weighted by atomic mass is 19.1. The molecule has 8 heteroatoms. The number of hydrogen-bond donors (Lipinski definition) is 1. The highest BCUT2D eigenvalue weighted by molar-refractivity contribution is 5.82. The van der Waals surface area contributed by atoms with Crippen molar-refractivity contribution in [1.82, 2.24) is 25.6 Å². The van der Waals surface area contributed by atoms with Gasteiger partial charge in [-0.25, -0.2) is 9.82 Å². The Morgan fingerprint density at radius 2 is 1.89 bits per heavy atom. The van der Waals surface area contributed by atoms with E-state index < -0.39 is 0 Å². The zero-order valence-corrected chi connectivity index (χ0v) is 15.0. The Balaban J connectivity index is 1.54. The van der Waals surface area contributed by atoms with Crippen LogP contribution in [0.2, 0.25) is 0 Å². The van der Waals surface area contributed by atoms with Crippen LogP contribution in [0.25, 0.3) is 11.4 Å². The van der Waals surface area contributed by atoms with Crippen LogP contribution in [0.15, 0.2) is 53.6 Å². The maximum absolute atomic E-state index is 12.9. The van der Waals surface area contributed by atoms with Gasteiger partial charge in [0.2, 0.25) is 5.82 Å². The van der Waals surface area contributed by atoms with E-state index in [2.05, 4.69) is 39.8 Å². The van der Waals surface area contributed by atoms with E-state index in [0.29, 0.717) is 17.3 Å². The number of benzene rings is 2. The third-order valence-corrected chi connectivity index (χ3v) is 3.85. The molecule has 0 atom stereocenters. The maximum atomic E-state index is 12.9. The number of amides is 1. The number of carbonyl (C=O) groups is 1. The van der Waals surface area contributed by atoms with Crippen molar-refractivity contribution < 1.29 is 9.18 Å². The number of hydrazone groups is 1. The third kappa shape index (κ3) is 5.04. The van der Waals surface area contributed by atoms with Gasteiger partial charge in [-0.05, 0) is 46.5 Å². The molecule has 0 radical (unpaired) electrons. The van der Waals surface area contributed by atoms with Crippen molar-refractivity contribution in [2.24, 2.45) is 5.10 Å². The van der Waals surface area contributed by atoms with Crippen LogP contribution in [-0.2, 0) is 11.3 Å². The summed E-state index contributed by atoms with van der Waals surface area (Å²) in [5, 5.41) is 15.7. The normalized spacial score (nSPS) is 11.3. The number of halogens is 1. The fraction of sp³-hybridized carbons (Fsp3) is 0.211. The lowest BCUT2D eigenvalue weighted by Crippen LogP contribution is -2.24.